The van der Waals surface area contributed by atoms with Crippen molar-refractivity contribution in [2.45, 2.75) is 0 Å². The number of anilines is 3. The molecule has 0 aliphatic carbocycles. The van der Waals surface area contributed by atoms with Crippen LogP contribution in [0.25, 0.3) is 33.2 Å². The van der Waals surface area contributed by atoms with E-state index in [1.165, 1.54) is 0 Å². The van der Waals surface area contributed by atoms with Gasteiger partial charge in [-0.25, -0.2) is 4.98 Å². The van der Waals surface area contributed by atoms with Crippen molar-refractivity contribution in [2.75, 3.05) is 18.2 Å². The van der Waals surface area contributed by atoms with Gasteiger partial charge in [-0.2, -0.15) is 0 Å². The van der Waals surface area contributed by atoms with E-state index in [2.05, 4.69) is 28.5 Å². The fourth-order valence-electron chi connectivity index (χ4n) is 3.52. The van der Waals surface area contributed by atoms with E-state index in [1.807, 2.05) is 48.5 Å². The molecule has 0 atom stereocenters. The fourth-order valence-corrected chi connectivity index (χ4v) is 3.52. The molecule has 0 aromatic heterocycles. The summed E-state index contributed by atoms with van der Waals surface area (Å²) < 4.78 is 5.47. The SMILES string of the molecule is COc1cc(N)ccc1Nc1cccc2nc3cc4ccccc4[nH]c-3c12. The molecule has 2 heterocycles. The second-order valence-electron chi connectivity index (χ2n) is 6.51. The minimum atomic E-state index is 0.663. The van der Waals surface area contributed by atoms with Gasteiger partial charge >= 0.3 is 0 Å². The van der Waals surface area contributed by atoms with E-state index in [0.717, 1.165) is 44.6 Å². The number of pyridine rings is 1. The Hall–Kier alpha value is -3.73. The third-order valence-corrected chi connectivity index (χ3v) is 4.80. The molecule has 0 unspecified atom stereocenters. The van der Waals surface area contributed by atoms with Crippen molar-refractivity contribution in [1.82, 2.24) is 9.97 Å². The summed E-state index contributed by atoms with van der Waals surface area (Å²) in [7, 11) is 1.64. The molecule has 27 heavy (non-hydrogen) atoms. The van der Waals surface area contributed by atoms with Gasteiger partial charge in [-0.05, 0) is 36.4 Å². The summed E-state index contributed by atoms with van der Waals surface area (Å²) in [5, 5.41) is 5.67. The summed E-state index contributed by atoms with van der Waals surface area (Å²) in [6, 6.07) is 22.0. The highest BCUT2D eigenvalue weighted by Crippen LogP contribution is 2.39. The van der Waals surface area contributed by atoms with Crippen LogP contribution in [0.15, 0.2) is 66.7 Å². The first kappa shape index (κ1) is 15.5. The lowest BCUT2D eigenvalue weighted by Crippen LogP contribution is -1.97. The number of aromatic nitrogens is 2. The normalized spacial score (nSPS) is 11.3. The average molecular weight is 354 g/mol. The molecule has 0 saturated heterocycles. The first-order valence-corrected chi connectivity index (χ1v) is 8.74. The second kappa shape index (κ2) is 5.92. The van der Waals surface area contributed by atoms with Gasteiger partial charge in [0.1, 0.15) is 5.75 Å². The van der Waals surface area contributed by atoms with Crippen molar-refractivity contribution < 1.29 is 4.74 Å². The summed E-state index contributed by atoms with van der Waals surface area (Å²) >= 11 is 0. The lowest BCUT2D eigenvalue weighted by Gasteiger charge is -2.13. The van der Waals surface area contributed by atoms with E-state index in [4.69, 9.17) is 15.5 Å². The van der Waals surface area contributed by atoms with Crippen molar-refractivity contribution in [3.8, 4) is 17.1 Å². The van der Waals surface area contributed by atoms with Gasteiger partial charge in [0.2, 0.25) is 0 Å². The first-order chi connectivity index (χ1) is 13.2. The molecule has 0 amide bonds. The van der Waals surface area contributed by atoms with Crippen molar-refractivity contribution in [3.05, 3.63) is 66.7 Å². The number of methoxy groups -OCH3 is 1. The molecule has 0 radical (unpaired) electrons. The van der Waals surface area contributed by atoms with E-state index in [0.29, 0.717) is 11.4 Å². The molecular weight excluding hydrogens is 336 g/mol. The first-order valence-electron chi connectivity index (χ1n) is 8.74. The predicted octanol–water partition coefficient (Wildman–Crippen LogP) is 5.16. The Bertz CT molecular complexity index is 1260. The maximum atomic E-state index is 5.87. The number of nitrogens with one attached hydrogen (secondary N) is 2. The summed E-state index contributed by atoms with van der Waals surface area (Å²) in [4.78, 5) is 8.34. The molecule has 2 aliphatic rings. The van der Waals surface area contributed by atoms with Crippen LogP contribution in [0.1, 0.15) is 0 Å². The zero-order valence-electron chi connectivity index (χ0n) is 14.8. The number of ether oxygens (including phenoxy) is 1. The maximum Gasteiger partial charge on any atom is 0.144 e. The Kier molecular flexibility index (Phi) is 3.40. The number of hydrogen-bond acceptors (Lipinski definition) is 4. The summed E-state index contributed by atoms with van der Waals surface area (Å²) in [6.07, 6.45) is 0. The number of fused-ring (bicyclic) bond motifs is 4. The van der Waals surface area contributed by atoms with Crippen LogP contribution < -0.4 is 15.8 Å². The smallest absolute Gasteiger partial charge is 0.144 e. The largest absolute Gasteiger partial charge is 0.494 e. The van der Waals surface area contributed by atoms with Crippen molar-refractivity contribution in [2.24, 2.45) is 0 Å². The minimum Gasteiger partial charge on any atom is -0.494 e. The molecule has 5 rings (SSSR count). The number of nitrogens with two attached hydrogens (primary N) is 1. The minimum absolute atomic E-state index is 0.663. The molecule has 3 aromatic rings. The highest BCUT2D eigenvalue weighted by Gasteiger charge is 2.17. The van der Waals surface area contributed by atoms with Crippen LogP contribution in [0, 0.1) is 0 Å². The standard InChI is InChI=1S/C22H18N4O/c1-27-20-12-14(23)9-10-16(20)24-17-7-4-8-18-21(17)22-19(25-18)11-13-5-2-3-6-15(13)26-22/h2-12,24,26H,23H2,1H3. The third kappa shape index (κ3) is 2.52. The fraction of sp³-hybridized carbons (Fsp3) is 0.0455. The lowest BCUT2D eigenvalue weighted by atomic mass is 10.1. The molecule has 0 saturated carbocycles. The van der Waals surface area contributed by atoms with Gasteiger partial charge in [-0.3, -0.25) is 0 Å². The van der Waals surface area contributed by atoms with E-state index >= 15 is 0 Å². The Balaban J connectivity index is 1.72. The summed E-state index contributed by atoms with van der Waals surface area (Å²) in [5.74, 6) is 0.699. The number of para-hydroxylation sites is 1. The van der Waals surface area contributed by atoms with Crippen molar-refractivity contribution in [3.63, 3.8) is 0 Å². The molecule has 2 aliphatic heterocycles. The molecule has 0 spiro atoms. The van der Waals surface area contributed by atoms with Crippen molar-refractivity contribution in [1.29, 1.82) is 0 Å². The van der Waals surface area contributed by atoms with E-state index in [-0.39, 0.29) is 0 Å². The highest BCUT2D eigenvalue weighted by atomic mass is 16.5. The van der Waals surface area contributed by atoms with E-state index < -0.39 is 0 Å². The number of nitrogens with zero attached hydrogens (tertiary/aromatic N) is 1. The molecule has 3 aromatic carbocycles. The number of nitrogen functional groups attached to an aromatic ring is 1. The van der Waals surface area contributed by atoms with Gasteiger partial charge in [-0.1, -0.05) is 24.3 Å². The van der Waals surface area contributed by atoms with E-state index in [1.54, 1.807) is 7.11 Å². The van der Waals surface area contributed by atoms with Gasteiger partial charge in [0.25, 0.3) is 0 Å². The molecule has 0 bridgehead atoms. The van der Waals surface area contributed by atoms with Crippen LogP contribution >= 0.6 is 0 Å². The molecule has 5 heteroatoms. The Morgan fingerprint density at radius 2 is 1.85 bits per heavy atom. The van der Waals surface area contributed by atoms with Crippen LogP contribution in [-0.4, -0.2) is 17.1 Å². The highest BCUT2D eigenvalue weighted by molar-refractivity contribution is 6.07. The predicted molar refractivity (Wildman–Crippen MR) is 111 cm³/mol. The van der Waals surface area contributed by atoms with Crippen LogP contribution in [-0.2, 0) is 0 Å². The van der Waals surface area contributed by atoms with Gasteiger partial charge in [-0.15, -0.1) is 0 Å². The van der Waals surface area contributed by atoms with Crippen molar-refractivity contribution >= 4 is 38.9 Å². The topological polar surface area (TPSA) is 76.0 Å². The molecule has 5 nitrogen and oxygen atoms in total. The monoisotopic (exact) mass is 354 g/mol. The zero-order chi connectivity index (χ0) is 18.4. The van der Waals surface area contributed by atoms with Gasteiger partial charge < -0.3 is 20.8 Å². The Labute approximate surface area is 156 Å². The molecular formula is C22H18N4O. The molecule has 0 fully saturated rings. The quantitative estimate of drug-likeness (QED) is 0.391. The van der Waals surface area contributed by atoms with E-state index in [9.17, 15) is 0 Å². The maximum absolute atomic E-state index is 5.87. The van der Waals surface area contributed by atoms with Gasteiger partial charge in [0, 0.05) is 28.0 Å². The lowest BCUT2D eigenvalue weighted by molar-refractivity contribution is 0.417. The summed E-state index contributed by atoms with van der Waals surface area (Å²) in [5.41, 5.74) is 12.3. The molecule has 132 valence electrons. The third-order valence-electron chi connectivity index (χ3n) is 4.80. The van der Waals surface area contributed by atoms with Crippen LogP contribution in [0.3, 0.4) is 0 Å². The number of H-pyrrole nitrogens is 1. The Morgan fingerprint density at radius 1 is 0.963 bits per heavy atom. The zero-order valence-corrected chi connectivity index (χ0v) is 14.8. The second-order valence-corrected chi connectivity index (χ2v) is 6.51. The number of benzene rings is 3. The van der Waals surface area contributed by atoms with Crippen LogP contribution in [0.5, 0.6) is 5.75 Å². The average Bonchev–Trinajstić information content (AvgIpc) is 3.05. The number of aromatic amines is 1. The van der Waals surface area contributed by atoms with Gasteiger partial charge in [0.15, 0.2) is 0 Å². The number of rotatable bonds is 3. The molecule has 4 N–H and O–H groups in total. The van der Waals surface area contributed by atoms with Crippen LogP contribution in [0.4, 0.5) is 17.1 Å². The van der Waals surface area contributed by atoms with Gasteiger partial charge in [0.05, 0.1) is 35.4 Å². The van der Waals surface area contributed by atoms with Crippen LogP contribution in [0.2, 0.25) is 0 Å². The summed E-state index contributed by atoms with van der Waals surface area (Å²) in [6.45, 7) is 0. The Morgan fingerprint density at radius 3 is 2.74 bits per heavy atom. The number of hydrogen-bond donors (Lipinski definition) is 3.